The van der Waals surface area contributed by atoms with E-state index < -0.39 is 0 Å². The second-order valence-corrected chi connectivity index (χ2v) is 5.49. The predicted molar refractivity (Wildman–Crippen MR) is 82.3 cm³/mol. The number of nitrogens with two attached hydrogens (primary N) is 1. The number of fused-ring (bicyclic) bond motifs is 1. The standard InChI is InChI=1S/C15H17BrN2O/c1-18(8-2-7-17)15(19)13-4-3-12-10-14(16)6-5-11(12)9-13/h3-6,9-10H,2,7-8,17H2,1H3. The zero-order valence-corrected chi connectivity index (χ0v) is 12.5. The Morgan fingerprint density at radius 2 is 1.89 bits per heavy atom. The summed E-state index contributed by atoms with van der Waals surface area (Å²) in [5.41, 5.74) is 6.18. The maximum atomic E-state index is 12.2. The normalized spacial score (nSPS) is 10.7. The Labute approximate surface area is 121 Å². The second-order valence-electron chi connectivity index (χ2n) is 4.58. The van der Waals surface area contributed by atoms with Crippen molar-refractivity contribution in [2.45, 2.75) is 6.42 Å². The first-order valence-corrected chi connectivity index (χ1v) is 7.06. The van der Waals surface area contributed by atoms with E-state index in [1.54, 1.807) is 4.90 Å². The van der Waals surface area contributed by atoms with Gasteiger partial charge in [-0.15, -0.1) is 0 Å². The number of carbonyl (C=O) groups is 1. The average molecular weight is 321 g/mol. The number of rotatable bonds is 4. The summed E-state index contributed by atoms with van der Waals surface area (Å²) >= 11 is 3.44. The van der Waals surface area contributed by atoms with Gasteiger partial charge >= 0.3 is 0 Å². The van der Waals surface area contributed by atoms with Gasteiger partial charge < -0.3 is 10.6 Å². The van der Waals surface area contributed by atoms with Crippen molar-refractivity contribution >= 4 is 32.6 Å². The highest BCUT2D eigenvalue weighted by molar-refractivity contribution is 9.10. The molecule has 0 bridgehead atoms. The lowest BCUT2D eigenvalue weighted by Gasteiger charge is -2.17. The molecule has 4 heteroatoms. The van der Waals surface area contributed by atoms with Crippen LogP contribution in [0, 0.1) is 0 Å². The fourth-order valence-electron chi connectivity index (χ4n) is 2.00. The molecule has 2 aromatic carbocycles. The summed E-state index contributed by atoms with van der Waals surface area (Å²) in [5, 5.41) is 2.19. The van der Waals surface area contributed by atoms with Crippen LogP contribution in [-0.4, -0.2) is 30.9 Å². The molecular formula is C15H17BrN2O. The van der Waals surface area contributed by atoms with Gasteiger partial charge in [-0.25, -0.2) is 0 Å². The summed E-state index contributed by atoms with van der Waals surface area (Å²) in [6.07, 6.45) is 0.822. The first-order valence-electron chi connectivity index (χ1n) is 6.26. The average Bonchev–Trinajstić information content (AvgIpc) is 2.43. The van der Waals surface area contributed by atoms with Crippen LogP contribution in [0.25, 0.3) is 10.8 Å². The minimum Gasteiger partial charge on any atom is -0.342 e. The number of carbonyl (C=O) groups excluding carboxylic acids is 1. The van der Waals surface area contributed by atoms with Gasteiger partial charge in [-0.3, -0.25) is 4.79 Å². The van der Waals surface area contributed by atoms with E-state index in [0.717, 1.165) is 21.7 Å². The minimum atomic E-state index is 0.0401. The van der Waals surface area contributed by atoms with Gasteiger partial charge in [-0.2, -0.15) is 0 Å². The minimum absolute atomic E-state index is 0.0401. The third kappa shape index (κ3) is 3.33. The van der Waals surface area contributed by atoms with Crippen LogP contribution < -0.4 is 5.73 Å². The molecule has 0 fully saturated rings. The molecule has 0 radical (unpaired) electrons. The van der Waals surface area contributed by atoms with Crippen molar-refractivity contribution in [1.82, 2.24) is 4.90 Å². The molecule has 0 atom stereocenters. The van der Waals surface area contributed by atoms with E-state index in [0.29, 0.717) is 18.7 Å². The summed E-state index contributed by atoms with van der Waals surface area (Å²) in [6, 6.07) is 11.8. The smallest absolute Gasteiger partial charge is 0.253 e. The lowest BCUT2D eigenvalue weighted by atomic mass is 10.1. The summed E-state index contributed by atoms with van der Waals surface area (Å²) in [7, 11) is 1.81. The van der Waals surface area contributed by atoms with Crippen molar-refractivity contribution in [2.24, 2.45) is 5.73 Å². The highest BCUT2D eigenvalue weighted by Crippen LogP contribution is 2.21. The van der Waals surface area contributed by atoms with E-state index in [9.17, 15) is 4.79 Å². The van der Waals surface area contributed by atoms with Crippen LogP contribution >= 0.6 is 15.9 Å². The van der Waals surface area contributed by atoms with Crippen molar-refractivity contribution < 1.29 is 4.79 Å². The fourth-order valence-corrected chi connectivity index (χ4v) is 2.38. The number of amides is 1. The van der Waals surface area contributed by atoms with Crippen molar-refractivity contribution in [3.05, 3.63) is 46.4 Å². The van der Waals surface area contributed by atoms with Crippen molar-refractivity contribution in [1.29, 1.82) is 0 Å². The molecule has 0 saturated carbocycles. The number of benzene rings is 2. The van der Waals surface area contributed by atoms with E-state index in [1.165, 1.54) is 0 Å². The van der Waals surface area contributed by atoms with Gasteiger partial charge in [-0.05, 0) is 48.0 Å². The molecule has 2 N–H and O–H groups in total. The topological polar surface area (TPSA) is 46.3 Å². The summed E-state index contributed by atoms with van der Waals surface area (Å²) in [6.45, 7) is 1.29. The maximum Gasteiger partial charge on any atom is 0.253 e. The van der Waals surface area contributed by atoms with Crippen LogP contribution in [0.2, 0.25) is 0 Å². The first-order chi connectivity index (χ1) is 9.11. The zero-order chi connectivity index (χ0) is 13.8. The van der Waals surface area contributed by atoms with Gasteiger partial charge in [0, 0.05) is 23.6 Å². The van der Waals surface area contributed by atoms with Crippen LogP contribution in [0.4, 0.5) is 0 Å². The summed E-state index contributed by atoms with van der Waals surface area (Å²) < 4.78 is 1.04. The maximum absolute atomic E-state index is 12.2. The molecule has 0 aliphatic rings. The fraction of sp³-hybridized carbons (Fsp3) is 0.267. The molecule has 0 spiro atoms. The molecule has 100 valence electrons. The van der Waals surface area contributed by atoms with E-state index >= 15 is 0 Å². The summed E-state index contributed by atoms with van der Waals surface area (Å²) in [5.74, 6) is 0.0401. The molecule has 0 unspecified atom stereocenters. The Kier molecular flexibility index (Phi) is 4.56. The van der Waals surface area contributed by atoms with Crippen LogP contribution in [0.15, 0.2) is 40.9 Å². The van der Waals surface area contributed by atoms with E-state index in [2.05, 4.69) is 15.9 Å². The molecule has 0 aliphatic heterocycles. The molecule has 3 nitrogen and oxygen atoms in total. The third-order valence-corrected chi connectivity index (χ3v) is 3.59. The van der Waals surface area contributed by atoms with Gasteiger partial charge in [0.1, 0.15) is 0 Å². The zero-order valence-electron chi connectivity index (χ0n) is 10.9. The molecule has 2 rings (SSSR count). The van der Waals surface area contributed by atoms with Crippen LogP contribution in [0.5, 0.6) is 0 Å². The van der Waals surface area contributed by atoms with Crippen molar-refractivity contribution in [3.8, 4) is 0 Å². The Balaban J connectivity index is 2.25. The SMILES string of the molecule is CN(CCCN)C(=O)c1ccc2cc(Br)ccc2c1. The highest BCUT2D eigenvalue weighted by atomic mass is 79.9. The van der Waals surface area contributed by atoms with Gasteiger partial charge in [-0.1, -0.05) is 28.1 Å². The van der Waals surface area contributed by atoms with Gasteiger partial charge in [0.2, 0.25) is 0 Å². The quantitative estimate of drug-likeness (QED) is 0.941. The molecule has 0 aromatic heterocycles. The Bertz CT molecular complexity index is 598. The van der Waals surface area contributed by atoms with Gasteiger partial charge in [0.15, 0.2) is 0 Å². The third-order valence-electron chi connectivity index (χ3n) is 3.09. The number of halogens is 1. The Morgan fingerprint density at radius 1 is 1.21 bits per heavy atom. The van der Waals surface area contributed by atoms with Crippen LogP contribution in [0.3, 0.4) is 0 Å². The number of hydrogen-bond acceptors (Lipinski definition) is 2. The largest absolute Gasteiger partial charge is 0.342 e. The lowest BCUT2D eigenvalue weighted by molar-refractivity contribution is 0.0794. The number of nitrogens with zero attached hydrogens (tertiary/aromatic N) is 1. The van der Waals surface area contributed by atoms with Gasteiger partial charge in [0.05, 0.1) is 0 Å². The van der Waals surface area contributed by atoms with Gasteiger partial charge in [0.25, 0.3) is 5.91 Å². The number of hydrogen-bond donors (Lipinski definition) is 1. The first kappa shape index (κ1) is 14.0. The van der Waals surface area contributed by atoms with E-state index in [4.69, 9.17) is 5.73 Å². The molecule has 2 aromatic rings. The van der Waals surface area contributed by atoms with Crippen molar-refractivity contribution in [3.63, 3.8) is 0 Å². The monoisotopic (exact) mass is 320 g/mol. The predicted octanol–water partition coefficient (Wildman–Crippen LogP) is 3.02. The molecule has 19 heavy (non-hydrogen) atoms. The van der Waals surface area contributed by atoms with Crippen LogP contribution in [0.1, 0.15) is 16.8 Å². The van der Waals surface area contributed by atoms with Crippen LogP contribution in [-0.2, 0) is 0 Å². The molecular weight excluding hydrogens is 304 g/mol. The molecule has 0 heterocycles. The van der Waals surface area contributed by atoms with E-state index in [1.807, 2.05) is 43.4 Å². The molecule has 1 amide bonds. The molecule has 0 aliphatic carbocycles. The molecule has 0 saturated heterocycles. The lowest BCUT2D eigenvalue weighted by Crippen LogP contribution is -2.28. The summed E-state index contributed by atoms with van der Waals surface area (Å²) in [4.78, 5) is 14.0. The highest BCUT2D eigenvalue weighted by Gasteiger charge is 2.11. The second kappa shape index (κ2) is 6.17. The Morgan fingerprint density at radius 3 is 2.63 bits per heavy atom. The van der Waals surface area contributed by atoms with E-state index in [-0.39, 0.29) is 5.91 Å². The van der Waals surface area contributed by atoms with Crippen molar-refractivity contribution in [2.75, 3.05) is 20.1 Å². The Hall–Kier alpha value is -1.39.